The van der Waals surface area contributed by atoms with Gasteiger partial charge in [0.25, 0.3) is 5.91 Å². The van der Waals surface area contributed by atoms with Crippen LogP contribution in [0, 0.1) is 0 Å². The number of hydrogen-bond acceptors (Lipinski definition) is 4. The van der Waals surface area contributed by atoms with Gasteiger partial charge in [0.1, 0.15) is 5.75 Å². The molecule has 0 bridgehead atoms. The molecule has 3 rings (SSSR count). The van der Waals surface area contributed by atoms with E-state index in [4.69, 9.17) is 4.74 Å². The lowest BCUT2D eigenvalue weighted by atomic mass is 10.1. The molecule has 1 saturated heterocycles. The van der Waals surface area contributed by atoms with Crippen molar-refractivity contribution in [3.63, 3.8) is 0 Å². The molecule has 1 aliphatic heterocycles. The first-order valence-electron chi connectivity index (χ1n) is 10.2. The van der Waals surface area contributed by atoms with Crippen molar-refractivity contribution in [2.75, 3.05) is 43.0 Å². The van der Waals surface area contributed by atoms with E-state index >= 15 is 0 Å². The minimum atomic E-state index is -0.166. The van der Waals surface area contributed by atoms with Crippen LogP contribution in [-0.4, -0.2) is 50.5 Å². The quantitative estimate of drug-likeness (QED) is 0.703. The summed E-state index contributed by atoms with van der Waals surface area (Å²) in [5, 5.41) is 2.96. The normalized spacial score (nSPS) is 15.6. The van der Waals surface area contributed by atoms with E-state index in [1.165, 1.54) is 11.8 Å². The van der Waals surface area contributed by atoms with Crippen molar-refractivity contribution in [1.29, 1.82) is 0 Å². The highest BCUT2D eigenvalue weighted by atomic mass is 16.5. The summed E-state index contributed by atoms with van der Waals surface area (Å²) in [6.07, 6.45) is 0. The highest BCUT2D eigenvalue weighted by Crippen LogP contribution is 2.27. The number of para-hydroxylation sites is 2. The Labute approximate surface area is 172 Å². The van der Waals surface area contributed by atoms with Crippen LogP contribution in [0.25, 0.3) is 0 Å². The van der Waals surface area contributed by atoms with E-state index in [1.54, 1.807) is 18.2 Å². The van der Waals surface area contributed by atoms with Crippen molar-refractivity contribution in [2.24, 2.45) is 0 Å². The summed E-state index contributed by atoms with van der Waals surface area (Å²) in [6.45, 7) is 9.62. The predicted molar refractivity (Wildman–Crippen MR) is 115 cm³/mol. The fourth-order valence-electron chi connectivity index (χ4n) is 3.72. The van der Waals surface area contributed by atoms with Crippen LogP contribution >= 0.6 is 0 Å². The molecule has 0 saturated carbocycles. The van der Waals surface area contributed by atoms with Crippen LogP contribution in [0.5, 0.6) is 5.75 Å². The number of carbonyl (C=O) groups excluding carboxylic acids is 2. The molecule has 6 heteroatoms. The zero-order valence-corrected chi connectivity index (χ0v) is 17.4. The number of piperazine rings is 1. The van der Waals surface area contributed by atoms with E-state index in [1.807, 2.05) is 38.1 Å². The van der Waals surface area contributed by atoms with Crippen LogP contribution in [0.15, 0.2) is 48.5 Å². The maximum atomic E-state index is 12.7. The molecule has 1 aliphatic rings. The Morgan fingerprint density at radius 1 is 1.14 bits per heavy atom. The number of nitrogens with zero attached hydrogens (tertiary/aromatic N) is 1. The minimum Gasteiger partial charge on any atom is -0.492 e. The Hall–Kier alpha value is -2.86. The molecule has 0 aromatic heterocycles. The lowest BCUT2D eigenvalue weighted by molar-refractivity contribution is -0.914. The number of carbonyl (C=O) groups is 2. The van der Waals surface area contributed by atoms with Crippen LogP contribution in [0.3, 0.4) is 0 Å². The number of rotatable bonds is 7. The van der Waals surface area contributed by atoms with Crippen molar-refractivity contribution in [2.45, 2.75) is 26.8 Å². The van der Waals surface area contributed by atoms with Crippen molar-refractivity contribution < 1.29 is 19.2 Å². The molecule has 2 aromatic rings. The van der Waals surface area contributed by atoms with Gasteiger partial charge in [-0.15, -0.1) is 0 Å². The first kappa shape index (κ1) is 20.9. The van der Waals surface area contributed by atoms with E-state index < -0.39 is 0 Å². The zero-order valence-electron chi connectivity index (χ0n) is 17.4. The maximum Gasteiger partial charge on any atom is 0.282 e. The second-order valence-electron chi connectivity index (χ2n) is 7.39. The number of anilines is 2. The molecule has 1 amide bonds. The van der Waals surface area contributed by atoms with E-state index in [2.05, 4.69) is 16.3 Å². The van der Waals surface area contributed by atoms with Gasteiger partial charge in [-0.2, -0.15) is 0 Å². The molecule has 0 aliphatic carbocycles. The second-order valence-corrected chi connectivity index (χ2v) is 7.39. The van der Waals surface area contributed by atoms with Crippen LogP contribution in [-0.2, 0) is 4.79 Å². The second kappa shape index (κ2) is 9.56. The van der Waals surface area contributed by atoms with E-state index in [9.17, 15) is 9.59 Å². The Morgan fingerprint density at radius 2 is 1.86 bits per heavy atom. The third-order valence-corrected chi connectivity index (χ3v) is 5.45. The average Bonchev–Trinajstić information content (AvgIpc) is 2.74. The van der Waals surface area contributed by atoms with Crippen molar-refractivity contribution in [3.8, 4) is 5.75 Å². The molecule has 1 fully saturated rings. The number of amides is 1. The maximum absolute atomic E-state index is 12.7. The Kier molecular flexibility index (Phi) is 6.88. The molecule has 6 nitrogen and oxygen atoms in total. The van der Waals surface area contributed by atoms with Crippen molar-refractivity contribution >= 4 is 23.1 Å². The topological polar surface area (TPSA) is 63.1 Å². The largest absolute Gasteiger partial charge is 0.492 e. The smallest absolute Gasteiger partial charge is 0.282 e. The van der Waals surface area contributed by atoms with Crippen LogP contribution in [0.2, 0.25) is 0 Å². The first-order valence-corrected chi connectivity index (χ1v) is 10.2. The molecule has 29 heavy (non-hydrogen) atoms. The summed E-state index contributed by atoms with van der Waals surface area (Å²) in [5.41, 5.74) is 2.38. The molecule has 0 unspecified atom stereocenters. The summed E-state index contributed by atoms with van der Waals surface area (Å²) in [6, 6.07) is 15.0. The van der Waals surface area contributed by atoms with E-state index in [0.717, 1.165) is 37.6 Å². The van der Waals surface area contributed by atoms with Crippen LogP contribution in [0.4, 0.5) is 11.4 Å². The molecule has 1 atom stereocenters. The van der Waals surface area contributed by atoms with Gasteiger partial charge in [-0.3, -0.25) is 9.59 Å². The van der Waals surface area contributed by atoms with Crippen LogP contribution < -0.4 is 19.9 Å². The molecule has 0 radical (unpaired) electrons. The number of ketones is 1. The van der Waals surface area contributed by atoms with Gasteiger partial charge in [0.2, 0.25) is 0 Å². The summed E-state index contributed by atoms with van der Waals surface area (Å²) >= 11 is 0. The van der Waals surface area contributed by atoms with Gasteiger partial charge in [0.05, 0.1) is 38.5 Å². The van der Waals surface area contributed by atoms with Gasteiger partial charge in [-0.1, -0.05) is 24.3 Å². The van der Waals surface area contributed by atoms with Gasteiger partial charge in [-0.25, -0.2) is 0 Å². The van der Waals surface area contributed by atoms with Gasteiger partial charge >= 0.3 is 0 Å². The fraction of sp³-hybridized carbons (Fsp3) is 0.391. The average molecular weight is 397 g/mol. The monoisotopic (exact) mass is 396 g/mol. The first-order chi connectivity index (χ1) is 14.0. The van der Waals surface area contributed by atoms with Crippen LogP contribution in [0.1, 0.15) is 31.1 Å². The Balaban J connectivity index is 1.58. The number of ether oxygens (including phenoxy) is 1. The predicted octanol–water partition coefficient (Wildman–Crippen LogP) is 2.02. The number of nitrogens with one attached hydrogen (secondary N) is 2. The molecule has 2 aromatic carbocycles. The summed E-state index contributed by atoms with van der Waals surface area (Å²) in [7, 11) is 0. The lowest BCUT2D eigenvalue weighted by Crippen LogP contribution is -3.19. The number of hydrogen-bond donors (Lipinski definition) is 2. The lowest BCUT2D eigenvalue weighted by Gasteiger charge is -2.36. The molecule has 0 spiro atoms. The fourth-order valence-corrected chi connectivity index (χ4v) is 3.72. The van der Waals surface area contributed by atoms with Gasteiger partial charge < -0.3 is 19.9 Å². The highest BCUT2D eigenvalue weighted by Gasteiger charge is 2.30. The third-order valence-electron chi connectivity index (χ3n) is 5.45. The Bertz CT molecular complexity index is 860. The molecular formula is C23H30N3O3+. The van der Waals surface area contributed by atoms with Gasteiger partial charge in [-0.05, 0) is 45.0 Å². The van der Waals surface area contributed by atoms with Gasteiger partial charge in [0, 0.05) is 11.3 Å². The minimum absolute atomic E-state index is 0.0109. The summed E-state index contributed by atoms with van der Waals surface area (Å²) in [5.74, 6) is 0.877. The third kappa shape index (κ3) is 5.15. The van der Waals surface area contributed by atoms with E-state index in [0.29, 0.717) is 17.9 Å². The zero-order chi connectivity index (χ0) is 20.8. The molecular weight excluding hydrogens is 366 g/mol. The SMILES string of the molecule is CCOc1ccccc1N1CC[NH+]([C@@H](C)C(=O)Nc2cccc(C(C)=O)c2)CC1. The number of quaternary nitrogens is 1. The standard InChI is InChI=1S/C23H29N3O3/c1-4-29-22-11-6-5-10-21(22)26-14-12-25(13-15-26)17(2)23(28)24-20-9-7-8-19(16-20)18(3)27/h5-11,16-17H,4,12-15H2,1-3H3,(H,24,28)/p+1/t17-/m0/s1. The van der Waals surface area contributed by atoms with Gasteiger partial charge in [0.15, 0.2) is 11.8 Å². The number of Topliss-reactive ketones (excluding diaryl/α,β-unsaturated/α-hetero) is 1. The molecule has 154 valence electrons. The molecule has 2 N–H and O–H groups in total. The van der Waals surface area contributed by atoms with Crippen molar-refractivity contribution in [3.05, 3.63) is 54.1 Å². The highest BCUT2D eigenvalue weighted by molar-refractivity contribution is 5.98. The Morgan fingerprint density at radius 3 is 2.55 bits per heavy atom. The number of benzene rings is 2. The van der Waals surface area contributed by atoms with E-state index in [-0.39, 0.29) is 17.7 Å². The summed E-state index contributed by atoms with van der Waals surface area (Å²) < 4.78 is 5.76. The molecule has 1 heterocycles. The summed E-state index contributed by atoms with van der Waals surface area (Å²) in [4.78, 5) is 27.9. The van der Waals surface area contributed by atoms with Crippen molar-refractivity contribution in [1.82, 2.24) is 0 Å².